The molecule has 2 N–H and O–H groups in total. The molecule has 0 aliphatic carbocycles. The fourth-order valence-corrected chi connectivity index (χ4v) is 2.19. The fraction of sp³-hybridized carbons (Fsp3) is 0.471. The molecule has 0 atom stereocenters. The van der Waals surface area contributed by atoms with Gasteiger partial charge in [0.25, 0.3) is 0 Å². The lowest BCUT2D eigenvalue weighted by molar-refractivity contribution is -0.134. The van der Waals surface area contributed by atoms with E-state index in [1.165, 1.54) is 18.0 Å². The van der Waals surface area contributed by atoms with Crippen molar-refractivity contribution in [3.63, 3.8) is 0 Å². The van der Waals surface area contributed by atoms with E-state index >= 15 is 0 Å². The highest BCUT2D eigenvalue weighted by atomic mass is 35.5. The van der Waals surface area contributed by atoms with Crippen LogP contribution in [-0.2, 0) is 14.4 Å². The van der Waals surface area contributed by atoms with E-state index in [4.69, 9.17) is 23.2 Å². The lowest BCUT2D eigenvalue weighted by Crippen LogP contribution is -2.41. The van der Waals surface area contributed by atoms with Crippen LogP contribution in [0.2, 0.25) is 10.0 Å². The first kappa shape index (κ1) is 21.3. The summed E-state index contributed by atoms with van der Waals surface area (Å²) in [6, 6.07) is 4.71. The van der Waals surface area contributed by atoms with E-state index in [9.17, 15) is 14.4 Å². The highest BCUT2D eigenvalue weighted by Gasteiger charge is 2.14. The fourth-order valence-electron chi connectivity index (χ4n) is 1.90. The molecule has 0 aliphatic heterocycles. The molecule has 8 heteroatoms. The summed E-state index contributed by atoms with van der Waals surface area (Å²) in [6.45, 7) is 3.78. The van der Waals surface area contributed by atoms with Crippen LogP contribution in [0.25, 0.3) is 0 Å². The number of halogens is 2. The number of likely N-dealkylation sites (N-methyl/N-ethyl adjacent to an activating group) is 1. The third kappa shape index (κ3) is 8.23. The molecule has 0 radical (unpaired) electrons. The maximum atomic E-state index is 12.0. The molecule has 0 aliphatic rings. The second-order valence-corrected chi connectivity index (χ2v) is 6.95. The van der Waals surface area contributed by atoms with Crippen LogP contribution >= 0.6 is 23.2 Å². The Morgan fingerprint density at radius 1 is 1.12 bits per heavy atom. The molecule has 1 rings (SSSR count). The molecule has 1 aromatic rings. The van der Waals surface area contributed by atoms with E-state index in [-0.39, 0.29) is 30.8 Å². The number of hydrogen-bond acceptors (Lipinski definition) is 3. The minimum atomic E-state index is -0.375. The molecule has 0 spiro atoms. The Morgan fingerprint density at radius 3 is 2.40 bits per heavy atom. The average Bonchev–Trinajstić information content (AvgIpc) is 2.53. The van der Waals surface area contributed by atoms with E-state index < -0.39 is 0 Å². The minimum Gasteiger partial charge on any atom is -0.347 e. The minimum absolute atomic E-state index is 0.131. The van der Waals surface area contributed by atoms with Gasteiger partial charge in [0.05, 0.1) is 23.1 Å². The van der Waals surface area contributed by atoms with Gasteiger partial charge in [-0.1, -0.05) is 37.0 Å². The standard InChI is InChI=1S/C17H23Cl2N3O3/c1-11(2)4-7-15(23)20-9-17(25)22(3)10-16(24)21-12-5-6-13(18)14(19)8-12/h5-6,8,11H,4,7,9-10H2,1-3H3,(H,20,23)(H,21,24). The van der Waals surface area contributed by atoms with Crippen molar-refractivity contribution in [3.8, 4) is 0 Å². The Balaban J connectivity index is 2.39. The summed E-state index contributed by atoms with van der Waals surface area (Å²) in [5.74, 6) is -0.465. The van der Waals surface area contributed by atoms with Crippen LogP contribution in [0.1, 0.15) is 26.7 Å². The van der Waals surface area contributed by atoms with E-state index in [2.05, 4.69) is 10.6 Å². The predicted molar refractivity (Wildman–Crippen MR) is 99.8 cm³/mol. The first-order chi connectivity index (χ1) is 11.7. The quantitative estimate of drug-likeness (QED) is 0.719. The molecule has 0 heterocycles. The van der Waals surface area contributed by atoms with Crippen LogP contribution in [0.4, 0.5) is 5.69 Å². The largest absolute Gasteiger partial charge is 0.347 e. The number of carbonyl (C=O) groups is 3. The number of benzene rings is 1. The molecule has 0 saturated heterocycles. The highest BCUT2D eigenvalue weighted by molar-refractivity contribution is 6.42. The van der Waals surface area contributed by atoms with E-state index in [1.54, 1.807) is 12.1 Å². The van der Waals surface area contributed by atoms with Gasteiger partial charge in [-0.3, -0.25) is 14.4 Å². The average molecular weight is 388 g/mol. The monoisotopic (exact) mass is 387 g/mol. The second-order valence-electron chi connectivity index (χ2n) is 6.14. The Bertz CT molecular complexity index is 636. The van der Waals surface area contributed by atoms with Crippen molar-refractivity contribution in [2.24, 2.45) is 5.92 Å². The van der Waals surface area contributed by atoms with Gasteiger partial charge >= 0.3 is 0 Å². The third-order valence-corrected chi connectivity index (χ3v) is 4.13. The van der Waals surface area contributed by atoms with Crippen LogP contribution in [0.3, 0.4) is 0 Å². The van der Waals surface area contributed by atoms with Crippen LogP contribution in [0.5, 0.6) is 0 Å². The molecule has 0 fully saturated rings. The molecular formula is C17H23Cl2N3O3. The van der Waals surface area contributed by atoms with Gasteiger partial charge in [-0.2, -0.15) is 0 Å². The Labute approximate surface area is 157 Å². The van der Waals surface area contributed by atoms with Gasteiger partial charge in [-0.15, -0.1) is 0 Å². The van der Waals surface area contributed by atoms with E-state index in [0.717, 1.165) is 6.42 Å². The Kier molecular flexibility index (Phi) is 8.72. The first-order valence-electron chi connectivity index (χ1n) is 7.94. The maximum absolute atomic E-state index is 12.0. The van der Waals surface area contributed by atoms with Gasteiger partial charge in [-0.25, -0.2) is 0 Å². The molecule has 6 nitrogen and oxygen atoms in total. The zero-order valence-electron chi connectivity index (χ0n) is 14.6. The zero-order valence-corrected chi connectivity index (χ0v) is 16.1. The van der Waals surface area contributed by atoms with Gasteiger partial charge in [-0.05, 0) is 30.5 Å². The first-order valence-corrected chi connectivity index (χ1v) is 8.70. The number of hydrogen-bond donors (Lipinski definition) is 2. The van der Waals surface area contributed by atoms with Gasteiger partial charge in [0.15, 0.2) is 0 Å². The molecule has 0 saturated carbocycles. The van der Waals surface area contributed by atoms with Crippen LogP contribution in [-0.4, -0.2) is 42.8 Å². The van der Waals surface area contributed by atoms with Gasteiger partial charge in [0.1, 0.15) is 0 Å². The normalized spacial score (nSPS) is 10.5. The third-order valence-electron chi connectivity index (χ3n) is 3.40. The summed E-state index contributed by atoms with van der Waals surface area (Å²) >= 11 is 11.7. The smallest absolute Gasteiger partial charge is 0.243 e. The van der Waals surface area contributed by atoms with Gasteiger partial charge in [0, 0.05) is 19.2 Å². The lowest BCUT2D eigenvalue weighted by Gasteiger charge is -2.17. The van der Waals surface area contributed by atoms with Gasteiger partial charge in [0.2, 0.25) is 17.7 Å². The number of nitrogens with one attached hydrogen (secondary N) is 2. The van der Waals surface area contributed by atoms with Crippen LogP contribution in [0, 0.1) is 5.92 Å². The topological polar surface area (TPSA) is 78.5 Å². The van der Waals surface area contributed by atoms with Crippen molar-refractivity contribution in [1.82, 2.24) is 10.2 Å². The molecular weight excluding hydrogens is 365 g/mol. The maximum Gasteiger partial charge on any atom is 0.243 e. The molecule has 0 unspecified atom stereocenters. The van der Waals surface area contributed by atoms with Crippen molar-refractivity contribution < 1.29 is 14.4 Å². The summed E-state index contributed by atoms with van der Waals surface area (Å²) in [7, 11) is 1.50. The van der Waals surface area contributed by atoms with Crippen molar-refractivity contribution in [2.75, 3.05) is 25.5 Å². The second kappa shape index (κ2) is 10.3. The number of amides is 3. The predicted octanol–water partition coefficient (Wildman–Crippen LogP) is 2.94. The highest BCUT2D eigenvalue weighted by Crippen LogP contribution is 2.24. The molecule has 0 bridgehead atoms. The summed E-state index contributed by atoms with van der Waals surface area (Å²) in [5, 5.41) is 5.91. The van der Waals surface area contributed by atoms with Crippen LogP contribution in [0.15, 0.2) is 18.2 Å². The van der Waals surface area contributed by atoms with Crippen molar-refractivity contribution in [1.29, 1.82) is 0 Å². The van der Waals surface area contributed by atoms with E-state index in [0.29, 0.717) is 28.1 Å². The Morgan fingerprint density at radius 2 is 1.80 bits per heavy atom. The van der Waals surface area contributed by atoms with E-state index in [1.807, 2.05) is 13.8 Å². The SMILES string of the molecule is CC(C)CCC(=O)NCC(=O)N(C)CC(=O)Nc1ccc(Cl)c(Cl)c1. The number of anilines is 1. The molecule has 25 heavy (non-hydrogen) atoms. The molecule has 1 aromatic carbocycles. The lowest BCUT2D eigenvalue weighted by atomic mass is 10.1. The van der Waals surface area contributed by atoms with Crippen molar-refractivity contribution in [3.05, 3.63) is 28.2 Å². The summed E-state index contributed by atoms with van der Waals surface area (Å²) < 4.78 is 0. The number of rotatable bonds is 8. The molecule has 138 valence electrons. The summed E-state index contributed by atoms with van der Waals surface area (Å²) in [5.41, 5.74) is 0.488. The molecule has 3 amide bonds. The Hall–Kier alpha value is -1.79. The van der Waals surface area contributed by atoms with Crippen molar-refractivity contribution in [2.45, 2.75) is 26.7 Å². The van der Waals surface area contributed by atoms with Crippen LogP contribution < -0.4 is 10.6 Å². The van der Waals surface area contributed by atoms with Crippen molar-refractivity contribution >= 4 is 46.6 Å². The number of carbonyl (C=O) groups excluding carboxylic acids is 3. The zero-order chi connectivity index (χ0) is 19.0. The van der Waals surface area contributed by atoms with Gasteiger partial charge < -0.3 is 15.5 Å². The molecule has 0 aromatic heterocycles. The summed E-state index contributed by atoms with van der Waals surface area (Å²) in [6.07, 6.45) is 1.15. The number of nitrogens with zero attached hydrogens (tertiary/aromatic N) is 1. The summed E-state index contributed by atoms with van der Waals surface area (Å²) in [4.78, 5) is 36.8.